The van der Waals surface area contributed by atoms with E-state index in [1.807, 2.05) is 0 Å². The molecule has 0 radical (unpaired) electrons. The van der Waals surface area contributed by atoms with Gasteiger partial charge in [-0.1, -0.05) is 17.4 Å². The number of hydrogen-bond donors (Lipinski definition) is 0. The Bertz CT molecular complexity index is 961. The van der Waals surface area contributed by atoms with Crippen LogP contribution >= 0.6 is 11.3 Å². The molecule has 140 valence electrons. The molecule has 0 N–H and O–H groups in total. The minimum Gasteiger partial charge on any atom is -0.370 e. The van der Waals surface area contributed by atoms with E-state index in [1.165, 1.54) is 6.07 Å². The molecule has 1 atom stereocenters. The first kappa shape index (κ1) is 18.7. The smallest absolute Gasteiger partial charge is 0.305 e. The van der Waals surface area contributed by atoms with Crippen molar-refractivity contribution >= 4 is 31.9 Å². The van der Waals surface area contributed by atoms with Crippen molar-refractivity contribution in [1.82, 2.24) is 0 Å². The molecule has 1 aliphatic rings. The van der Waals surface area contributed by atoms with Gasteiger partial charge in [-0.15, -0.1) is 0 Å². The number of nitro groups is 1. The van der Waals surface area contributed by atoms with Gasteiger partial charge in [-0.3, -0.25) is 10.1 Å². The van der Waals surface area contributed by atoms with Gasteiger partial charge < -0.3 is 9.64 Å². The summed E-state index contributed by atoms with van der Waals surface area (Å²) in [4.78, 5) is 12.3. The number of rotatable bonds is 4. The lowest BCUT2D eigenvalue weighted by Crippen LogP contribution is -2.38. The van der Waals surface area contributed by atoms with Gasteiger partial charge in [-0.05, 0) is 17.7 Å². The number of morpholine rings is 1. The highest BCUT2D eigenvalue weighted by Gasteiger charge is 2.31. The molecule has 7 nitrogen and oxygen atoms in total. The summed E-state index contributed by atoms with van der Waals surface area (Å²) in [5.74, 6) is -1.99. The number of ether oxygens (including phenoxy) is 1. The number of halogens is 2. The van der Waals surface area contributed by atoms with Crippen LogP contribution in [-0.4, -0.2) is 39.3 Å². The zero-order valence-electron chi connectivity index (χ0n) is 13.5. The summed E-state index contributed by atoms with van der Waals surface area (Å²) >= 11 is 0.811. The molecule has 0 saturated carbocycles. The summed E-state index contributed by atoms with van der Waals surface area (Å²) in [5.41, 5.74) is 0.0949. The third-order valence-electron chi connectivity index (χ3n) is 3.90. The molecular formula is C15H14F2N2O5S2. The SMILES string of the molecule is CS(=O)(=O)c1cc([N+](=O)[O-])c(N2CCOC(c3ccc(F)c(F)c3)C2)s1. The zero-order valence-corrected chi connectivity index (χ0v) is 15.1. The van der Waals surface area contributed by atoms with Crippen LogP contribution in [0.25, 0.3) is 0 Å². The molecule has 1 aromatic heterocycles. The molecule has 0 spiro atoms. The Morgan fingerprint density at radius 3 is 2.65 bits per heavy atom. The molecule has 26 heavy (non-hydrogen) atoms. The Labute approximate surface area is 151 Å². The van der Waals surface area contributed by atoms with Crippen LogP contribution in [0.1, 0.15) is 11.7 Å². The largest absolute Gasteiger partial charge is 0.370 e. The Balaban J connectivity index is 1.93. The first-order chi connectivity index (χ1) is 12.2. The third-order valence-corrected chi connectivity index (χ3v) is 6.89. The second-order valence-electron chi connectivity index (χ2n) is 5.76. The summed E-state index contributed by atoms with van der Waals surface area (Å²) in [6.45, 7) is 0.660. The van der Waals surface area contributed by atoms with E-state index in [2.05, 4.69) is 0 Å². The number of benzene rings is 1. The van der Waals surface area contributed by atoms with Crippen LogP contribution in [0.2, 0.25) is 0 Å². The number of anilines is 1. The van der Waals surface area contributed by atoms with Crippen molar-refractivity contribution in [2.45, 2.75) is 10.3 Å². The fraction of sp³-hybridized carbons (Fsp3) is 0.333. The van der Waals surface area contributed by atoms with E-state index < -0.39 is 32.5 Å². The fourth-order valence-electron chi connectivity index (χ4n) is 2.64. The van der Waals surface area contributed by atoms with Crippen molar-refractivity contribution in [3.63, 3.8) is 0 Å². The van der Waals surface area contributed by atoms with E-state index in [-0.39, 0.29) is 28.0 Å². The third kappa shape index (κ3) is 3.69. The molecule has 1 aromatic carbocycles. The topological polar surface area (TPSA) is 89.8 Å². The maximum atomic E-state index is 13.5. The molecule has 0 bridgehead atoms. The number of sulfone groups is 1. The van der Waals surface area contributed by atoms with Crippen molar-refractivity contribution in [2.24, 2.45) is 0 Å². The van der Waals surface area contributed by atoms with Gasteiger partial charge in [0.2, 0.25) is 0 Å². The highest BCUT2D eigenvalue weighted by Crippen LogP contribution is 2.41. The lowest BCUT2D eigenvalue weighted by atomic mass is 10.1. The van der Waals surface area contributed by atoms with E-state index in [9.17, 15) is 27.3 Å². The van der Waals surface area contributed by atoms with Crippen LogP contribution in [0.4, 0.5) is 19.5 Å². The molecule has 1 unspecified atom stereocenters. The van der Waals surface area contributed by atoms with Gasteiger partial charge in [0, 0.05) is 25.4 Å². The number of thiophene rings is 1. The van der Waals surface area contributed by atoms with Gasteiger partial charge in [-0.25, -0.2) is 17.2 Å². The van der Waals surface area contributed by atoms with Crippen LogP contribution in [0.15, 0.2) is 28.5 Å². The van der Waals surface area contributed by atoms with E-state index in [0.717, 1.165) is 35.8 Å². The summed E-state index contributed by atoms with van der Waals surface area (Å²) in [7, 11) is -3.59. The first-order valence-electron chi connectivity index (χ1n) is 7.46. The van der Waals surface area contributed by atoms with Crippen molar-refractivity contribution in [2.75, 3.05) is 30.9 Å². The van der Waals surface area contributed by atoms with Crippen LogP contribution < -0.4 is 4.90 Å². The lowest BCUT2D eigenvalue weighted by Gasteiger charge is -2.33. The maximum Gasteiger partial charge on any atom is 0.305 e. The number of hydrogen-bond acceptors (Lipinski definition) is 7. The van der Waals surface area contributed by atoms with E-state index in [1.54, 1.807) is 4.90 Å². The van der Waals surface area contributed by atoms with Crippen LogP contribution in [0, 0.1) is 21.7 Å². The predicted octanol–water partition coefficient (Wildman–Crippen LogP) is 2.92. The normalized spacial score (nSPS) is 18.1. The van der Waals surface area contributed by atoms with Gasteiger partial charge in [-0.2, -0.15) is 0 Å². The van der Waals surface area contributed by atoms with Crippen molar-refractivity contribution in [3.05, 3.63) is 51.6 Å². The first-order valence-corrected chi connectivity index (χ1v) is 10.2. The molecule has 0 amide bonds. The van der Waals surface area contributed by atoms with Crippen LogP contribution in [-0.2, 0) is 14.6 Å². The van der Waals surface area contributed by atoms with E-state index in [4.69, 9.17) is 4.74 Å². The van der Waals surface area contributed by atoms with Crippen LogP contribution in [0.5, 0.6) is 0 Å². The lowest BCUT2D eigenvalue weighted by molar-refractivity contribution is -0.383. The van der Waals surface area contributed by atoms with Crippen molar-refractivity contribution in [1.29, 1.82) is 0 Å². The highest BCUT2D eigenvalue weighted by atomic mass is 32.2. The van der Waals surface area contributed by atoms with Gasteiger partial charge >= 0.3 is 5.69 Å². The average molecular weight is 404 g/mol. The Morgan fingerprint density at radius 1 is 1.31 bits per heavy atom. The average Bonchev–Trinajstić information content (AvgIpc) is 3.03. The zero-order chi connectivity index (χ0) is 19.1. The Morgan fingerprint density at radius 2 is 2.04 bits per heavy atom. The summed E-state index contributed by atoms with van der Waals surface area (Å²) in [6, 6.07) is 4.44. The Hall–Kier alpha value is -2.11. The van der Waals surface area contributed by atoms with Crippen LogP contribution in [0.3, 0.4) is 0 Å². The molecule has 11 heteroatoms. The molecule has 3 rings (SSSR count). The van der Waals surface area contributed by atoms with Gasteiger partial charge in [0.25, 0.3) is 0 Å². The van der Waals surface area contributed by atoms with Crippen molar-refractivity contribution < 1.29 is 26.9 Å². The Kier molecular flexibility index (Phi) is 4.95. The van der Waals surface area contributed by atoms with Gasteiger partial charge in [0.15, 0.2) is 26.5 Å². The minimum atomic E-state index is -3.59. The fourth-order valence-corrected chi connectivity index (χ4v) is 4.70. The summed E-state index contributed by atoms with van der Waals surface area (Å²) < 4.78 is 55.5. The van der Waals surface area contributed by atoms with E-state index >= 15 is 0 Å². The highest BCUT2D eigenvalue weighted by molar-refractivity contribution is 7.92. The van der Waals surface area contributed by atoms with Crippen molar-refractivity contribution in [3.8, 4) is 0 Å². The molecule has 2 aromatic rings. The number of nitrogens with zero attached hydrogens (tertiary/aromatic N) is 2. The molecule has 1 saturated heterocycles. The monoisotopic (exact) mass is 404 g/mol. The molecule has 1 aliphatic heterocycles. The van der Waals surface area contributed by atoms with E-state index in [0.29, 0.717) is 12.1 Å². The quantitative estimate of drug-likeness (QED) is 0.575. The standard InChI is InChI=1S/C15H14F2N2O5S2/c1-26(22,23)14-7-12(19(20)21)15(25-14)18-4-5-24-13(8-18)9-2-3-10(16)11(17)6-9/h2-3,6-7,13H,4-5,8H2,1H3. The molecule has 2 heterocycles. The summed E-state index contributed by atoms with van der Waals surface area (Å²) in [6.07, 6.45) is 0.359. The second kappa shape index (κ2) is 6.89. The maximum absolute atomic E-state index is 13.5. The van der Waals surface area contributed by atoms with Gasteiger partial charge in [0.05, 0.1) is 11.5 Å². The predicted molar refractivity (Wildman–Crippen MR) is 91.3 cm³/mol. The minimum absolute atomic E-state index is 0.102. The molecule has 0 aliphatic carbocycles. The second-order valence-corrected chi connectivity index (χ2v) is 9.04. The van der Waals surface area contributed by atoms with Gasteiger partial charge in [0.1, 0.15) is 10.3 Å². The summed E-state index contributed by atoms with van der Waals surface area (Å²) in [5, 5.41) is 11.5. The molecule has 1 fully saturated rings. The molecular weight excluding hydrogens is 390 g/mol.